The number of rotatable bonds is 2. The number of halogens is 1. The van der Waals surface area contributed by atoms with Crippen LogP contribution in [0.1, 0.15) is 26.2 Å². The summed E-state index contributed by atoms with van der Waals surface area (Å²) in [5, 5.41) is 10.2. The normalized spacial score (nSPS) is 23.2. The minimum atomic E-state index is -0.377. The molecule has 5 heteroatoms. The number of hydrogen-bond donors (Lipinski definition) is 1. The second-order valence-corrected chi connectivity index (χ2v) is 4.53. The maximum atomic E-state index is 9.77. The summed E-state index contributed by atoms with van der Waals surface area (Å²) in [6, 6.07) is 0.1000. The Kier molecular flexibility index (Phi) is 3.61. The van der Waals surface area contributed by atoms with Gasteiger partial charge in [-0.3, -0.25) is 0 Å². The SMILES string of the molecule is C[C@@H](O)[C@H]1CCCCN1c1nccnc1Cl. The lowest BCUT2D eigenvalue weighted by molar-refractivity contribution is 0.145. The second kappa shape index (κ2) is 4.97. The molecule has 2 rings (SSSR count). The van der Waals surface area contributed by atoms with Gasteiger partial charge in [-0.1, -0.05) is 11.6 Å². The molecule has 2 heterocycles. The quantitative estimate of drug-likeness (QED) is 0.859. The van der Waals surface area contributed by atoms with Gasteiger partial charge in [-0.15, -0.1) is 0 Å². The zero-order chi connectivity index (χ0) is 11.5. The Morgan fingerprint density at radius 2 is 2.19 bits per heavy atom. The molecule has 0 bridgehead atoms. The van der Waals surface area contributed by atoms with E-state index in [4.69, 9.17) is 11.6 Å². The highest BCUT2D eigenvalue weighted by atomic mass is 35.5. The van der Waals surface area contributed by atoms with Gasteiger partial charge in [0.25, 0.3) is 0 Å². The van der Waals surface area contributed by atoms with Crippen LogP contribution in [0, 0.1) is 0 Å². The van der Waals surface area contributed by atoms with Gasteiger partial charge in [0, 0.05) is 18.9 Å². The van der Waals surface area contributed by atoms with Crippen LogP contribution in [0.15, 0.2) is 12.4 Å². The van der Waals surface area contributed by atoms with E-state index < -0.39 is 0 Å². The number of nitrogens with zero attached hydrogens (tertiary/aromatic N) is 3. The van der Waals surface area contributed by atoms with Crippen LogP contribution < -0.4 is 4.90 Å². The van der Waals surface area contributed by atoms with Crippen LogP contribution >= 0.6 is 11.6 Å². The zero-order valence-corrected chi connectivity index (χ0v) is 10.1. The average molecular weight is 242 g/mol. The van der Waals surface area contributed by atoms with Crippen molar-refractivity contribution in [3.63, 3.8) is 0 Å². The van der Waals surface area contributed by atoms with E-state index in [-0.39, 0.29) is 12.1 Å². The van der Waals surface area contributed by atoms with E-state index >= 15 is 0 Å². The molecule has 0 spiro atoms. The first kappa shape index (κ1) is 11.6. The molecule has 0 amide bonds. The highest BCUT2D eigenvalue weighted by molar-refractivity contribution is 6.31. The standard InChI is InChI=1S/C11H16ClN3O/c1-8(16)9-4-2-3-7-15(9)11-10(12)13-5-6-14-11/h5-6,8-9,16H,2-4,7H2,1H3/t8-,9-/m1/s1. The fraction of sp³-hybridized carbons (Fsp3) is 0.636. The molecule has 1 saturated heterocycles. The Balaban J connectivity index is 2.27. The van der Waals surface area contributed by atoms with Crippen molar-refractivity contribution < 1.29 is 5.11 Å². The molecule has 0 saturated carbocycles. The van der Waals surface area contributed by atoms with Crippen molar-refractivity contribution in [3.8, 4) is 0 Å². The van der Waals surface area contributed by atoms with E-state index in [2.05, 4.69) is 14.9 Å². The Hall–Kier alpha value is -0.870. The van der Waals surface area contributed by atoms with Crippen molar-refractivity contribution in [1.82, 2.24) is 9.97 Å². The first-order valence-electron chi connectivity index (χ1n) is 5.61. The number of aliphatic hydroxyl groups is 1. The molecule has 0 aromatic carbocycles. The lowest BCUT2D eigenvalue weighted by Crippen LogP contribution is -2.46. The van der Waals surface area contributed by atoms with Crippen LogP contribution in [0.25, 0.3) is 0 Å². The third-order valence-corrected chi connectivity index (χ3v) is 3.28. The number of piperidine rings is 1. The molecule has 1 aliphatic rings. The lowest BCUT2D eigenvalue weighted by Gasteiger charge is -2.38. The third kappa shape index (κ3) is 2.28. The Labute approximate surface area is 100 Å². The molecule has 88 valence electrons. The number of hydrogen-bond acceptors (Lipinski definition) is 4. The maximum absolute atomic E-state index is 9.77. The molecule has 2 atom stereocenters. The summed E-state index contributed by atoms with van der Waals surface area (Å²) in [6.07, 6.45) is 6.06. The topological polar surface area (TPSA) is 49.2 Å². The van der Waals surface area contributed by atoms with Gasteiger partial charge in [0.1, 0.15) is 0 Å². The highest BCUT2D eigenvalue weighted by Crippen LogP contribution is 2.28. The molecular weight excluding hydrogens is 226 g/mol. The van der Waals surface area contributed by atoms with Crippen LogP contribution in [0.5, 0.6) is 0 Å². The van der Waals surface area contributed by atoms with Crippen LogP contribution in [0.4, 0.5) is 5.82 Å². The molecular formula is C11H16ClN3O. The molecule has 4 nitrogen and oxygen atoms in total. The summed E-state index contributed by atoms with van der Waals surface area (Å²) in [5.41, 5.74) is 0. The largest absolute Gasteiger partial charge is 0.391 e. The fourth-order valence-electron chi connectivity index (χ4n) is 2.23. The van der Waals surface area contributed by atoms with Crippen molar-refractivity contribution in [2.24, 2.45) is 0 Å². The second-order valence-electron chi connectivity index (χ2n) is 4.17. The summed E-state index contributed by atoms with van der Waals surface area (Å²) in [4.78, 5) is 10.4. The van der Waals surface area contributed by atoms with Crippen LogP contribution in [0.2, 0.25) is 5.15 Å². The lowest BCUT2D eigenvalue weighted by atomic mass is 9.98. The van der Waals surface area contributed by atoms with Crippen LogP contribution in [0.3, 0.4) is 0 Å². The summed E-state index contributed by atoms with van der Waals surface area (Å²) < 4.78 is 0. The summed E-state index contributed by atoms with van der Waals surface area (Å²) in [5.74, 6) is 0.690. The molecule has 1 fully saturated rings. The maximum Gasteiger partial charge on any atom is 0.171 e. The van der Waals surface area contributed by atoms with E-state index in [9.17, 15) is 5.11 Å². The van der Waals surface area contributed by atoms with Crippen molar-refractivity contribution in [1.29, 1.82) is 0 Å². The van der Waals surface area contributed by atoms with Crippen molar-refractivity contribution >= 4 is 17.4 Å². The van der Waals surface area contributed by atoms with Gasteiger partial charge in [0.2, 0.25) is 0 Å². The smallest absolute Gasteiger partial charge is 0.171 e. The Bertz CT molecular complexity index is 359. The predicted molar refractivity (Wildman–Crippen MR) is 63.7 cm³/mol. The molecule has 1 aliphatic heterocycles. The molecule has 1 aromatic rings. The third-order valence-electron chi connectivity index (χ3n) is 3.01. The Morgan fingerprint density at radius 3 is 2.88 bits per heavy atom. The average Bonchev–Trinajstić information content (AvgIpc) is 2.29. The number of aromatic nitrogens is 2. The van der Waals surface area contributed by atoms with E-state index in [0.717, 1.165) is 25.8 Å². The molecule has 1 aromatic heterocycles. The van der Waals surface area contributed by atoms with Gasteiger partial charge in [0.05, 0.1) is 12.1 Å². The number of aliphatic hydroxyl groups excluding tert-OH is 1. The minimum absolute atomic E-state index is 0.1000. The summed E-state index contributed by atoms with van der Waals surface area (Å²) >= 11 is 6.03. The summed E-state index contributed by atoms with van der Waals surface area (Å²) in [6.45, 7) is 2.70. The molecule has 0 unspecified atom stereocenters. The molecule has 16 heavy (non-hydrogen) atoms. The molecule has 1 N–H and O–H groups in total. The number of anilines is 1. The van der Waals surface area contributed by atoms with Gasteiger partial charge in [-0.25, -0.2) is 9.97 Å². The first-order valence-corrected chi connectivity index (χ1v) is 5.99. The monoisotopic (exact) mass is 241 g/mol. The zero-order valence-electron chi connectivity index (χ0n) is 9.30. The minimum Gasteiger partial charge on any atom is -0.391 e. The van der Waals surface area contributed by atoms with E-state index in [1.165, 1.54) is 0 Å². The van der Waals surface area contributed by atoms with Gasteiger partial charge in [-0.2, -0.15) is 0 Å². The Morgan fingerprint density at radius 1 is 1.44 bits per heavy atom. The van der Waals surface area contributed by atoms with Gasteiger partial charge < -0.3 is 10.0 Å². The van der Waals surface area contributed by atoms with Gasteiger partial charge >= 0.3 is 0 Å². The highest BCUT2D eigenvalue weighted by Gasteiger charge is 2.28. The van der Waals surface area contributed by atoms with Crippen molar-refractivity contribution in [2.45, 2.75) is 38.3 Å². The fourth-order valence-corrected chi connectivity index (χ4v) is 2.44. The van der Waals surface area contributed by atoms with Gasteiger partial charge in [0.15, 0.2) is 11.0 Å². The van der Waals surface area contributed by atoms with Gasteiger partial charge in [-0.05, 0) is 26.2 Å². The molecule has 0 aliphatic carbocycles. The van der Waals surface area contributed by atoms with E-state index in [1.54, 1.807) is 12.4 Å². The van der Waals surface area contributed by atoms with Crippen LogP contribution in [-0.4, -0.2) is 33.8 Å². The molecule has 0 radical (unpaired) electrons. The van der Waals surface area contributed by atoms with Crippen molar-refractivity contribution in [2.75, 3.05) is 11.4 Å². The summed E-state index contributed by atoms with van der Waals surface area (Å²) in [7, 11) is 0. The predicted octanol–water partition coefficient (Wildman–Crippen LogP) is 1.87. The van der Waals surface area contributed by atoms with E-state index in [1.807, 2.05) is 6.92 Å². The first-order chi connectivity index (χ1) is 7.70. The van der Waals surface area contributed by atoms with E-state index in [0.29, 0.717) is 11.0 Å². The van der Waals surface area contributed by atoms with Crippen LogP contribution in [-0.2, 0) is 0 Å². The van der Waals surface area contributed by atoms with Crippen molar-refractivity contribution in [3.05, 3.63) is 17.5 Å².